The maximum atomic E-state index is 11.9. The largest absolute Gasteiger partial charge is 0.304 e. The number of halogens is 2. The van der Waals surface area contributed by atoms with Crippen LogP contribution < -0.4 is 5.32 Å². The Hall–Kier alpha value is -0.480. The van der Waals surface area contributed by atoms with Gasteiger partial charge in [0.15, 0.2) is 0 Å². The monoisotopic (exact) mass is 219 g/mol. The minimum atomic E-state index is -2.27. The van der Waals surface area contributed by atoms with Crippen LogP contribution in [0.4, 0.5) is 8.78 Å². The van der Waals surface area contributed by atoms with Gasteiger partial charge in [0.05, 0.1) is 6.54 Å². The molecule has 1 unspecified atom stereocenters. The fourth-order valence-corrected chi connectivity index (χ4v) is 2.16. The molecule has 1 atom stereocenters. The number of thiophene rings is 1. The molecule has 1 N–H and O–H groups in total. The van der Waals surface area contributed by atoms with E-state index in [1.807, 2.05) is 13.0 Å². The van der Waals surface area contributed by atoms with Crippen molar-refractivity contribution >= 4 is 11.3 Å². The van der Waals surface area contributed by atoms with Crippen LogP contribution in [0.15, 0.2) is 12.1 Å². The van der Waals surface area contributed by atoms with Crippen LogP contribution in [0.2, 0.25) is 0 Å². The standard InChI is InChI=1S/C10H15F2NS/c1-3-8-4-5-9(14-8)7(2)13-6-10(11)12/h4-5,7,10,13H,3,6H2,1-2H3. The van der Waals surface area contributed by atoms with Gasteiger partial charge in [0.1, 0.15) is 0 Å². The second-order valence-electron chi connectivity index (χ2n) is 3.18. The fourth-order valence-electron chi connectivity index (χ4n) is 1.18. The van der Waals surface area contributed by atoms with Crippen molar-refractivity contribution in [3.8, 4) is 0 Å². The van der Waals surface area contributed by atoms with Crippen LogP contribution in [-0.2, 0) is 6.42 Å². The number of aryl methyl sites for hydroxylation is 1. The van der Waals surface area contributed by atoms with E-state index in [4.69, 9.17) is 0 Å². The number of alkyl halides is 2. The molecule has 1 heterocycles. The zero-order chi connectivity index (χ0) is 10.6. The molecule has 0 aromatic carbocycles. The molecule has 1 nitrogen and oxygen atoms in total. The van der Waals surface area contributed by atoms with Gasteiger partial charge < -0.3 is 5.32 Å². The van der Waals surface area contributed by atoms with Gasteiger partial charge in [-0.15, -0.1) is 11.3 Å². The van der Waals surface area contributed by atoms with Gasteiger partial charge in [-0.2, -0.15) is 0 Å². The van der Waals surface area contributed by atoms with E-state index in [1.54, 1.807) is 11.3 Å². The van der Waals surface area contributed by atoms with Crippen molar-refractivity contribution in [3.05, 3.63) is 21.9 Å². The minimum absolute atomic E-state index is 0.0225. The van der Waals surface area contributed by atoms with E-state index in [9.17, 15) is 8.78 Å². The highest BCUT2D eigenvalue weighted by Gasteiger charge is 2.10. The molecule has 80 valence electrons. The fraction of sp³-hybridized carbons (Fsp3) is 0.600. The summed E-state index contributed by atoms with van der Waals surface area (Å²) in [5, 5.41) is 2.80. The topological polar surface area (TPSA) is 12.0 Å². The molecule has 0 fully saturated rings. The Morgan fingerprint density at radius 1 is 1.43 bits per heavy atom. The Balaban J connectivity index is 2.47. The van der Waals surface area contributed by atoms with Crippen molar-refractivity contribution in [1.29, 1.82) is 0 Å². The molecule has 0 radical (unpaired) electrons. The van der Waals surface area contributed by atoms with Crippen LogP contribution in [0.5, 0.6) is 0 Å². The summed E-state index contributed by atoms with van der Waals surface area (Å²) >= 11 is 1.69. The summed E-state index contributed by atoms with van der Waals surface area (Å²) in [7, 11) is 0. The van der Waals surface area contributed by atoms with E-state index in [1.165, 1.54) is 4.88 Å². The lowest BCUT2D eigenvalue weighted by Gasteiger charge is -2.10. The number of nitrogens with one attached hydrogen (secondary N) is 1. The van der Waals surface area contributed by atoms with Gasteiger partial charge in [-0.3, -0.25) is 0 Å². The SMILES string of the molecule is CCc1ccc(C(C)NCC(F)F)s1. The third kappa shape index (κ3) is 3.35. The van der Waals surface area contributed by atoms with Crippen LogP contribution in [0.1, 0.15) is 29.6 Å². The van der Waals surface area contributed by atoms with Crippen molar-refractivity contribution in [1.82, 2.24) is 5.32 Å². The number of hydrogen-bond acceptors (Lipinski definition) is 2. The van der Waals surface area contributed by atoms with E-state index < -0.39 is 6.43 Å². The van der Waals surface area contributed by atoms with Gasteiger partial charge in [-0.05, 0) is 25.5 Å². The molecule has 1 aromatic heterocycles. The first-order valence-corrected chi connectivity index (χ1v) is 5.55. The molecular formula is C10H15F2NS. The molecule has 0 amide bonds. The summed E-state index contributed by atoms with van der Waals surface area (Å²) < 4.78 is 23.8. The lowest BCUT2D eigenvalue weighted by Crippen LogP contribution is -2.23. The van der Waals surface area contributed by atoms with Crippen LogP contribution in [0.25, 0.3) is 0 Å². The van der Waals surface area contributed by atoms with Crippen molar-refractivity contribution in [3.63, 3.8) is 0 Å². The molecule has 0 saturated heterocycles. The molecule has 0 aliphatic heterocycles. The van der Waals surface area contributed by atoms with Gasteiger partial charge in [0.2, 0.25) is 0 Å². The van der Waals surface area contributed by atoms with Crippen LogP contribution in [0, 0.1) is 0 Å². The predicted octanol–water partition coefficient (Wildman–Crippen LogP) is 3.23. The molecule has 0 aliphatic carbocycles. The number of rotatable bonds is 5. The molecule has 0 aliphatic rings. The van der Waals surface area contributed by atoms with E-state index in [0.717, 1.165) is 11.3 Å². The maximum Gasteiger partial charge on any atom is 0.250 e. The summed E-state index contributed by atoms with van der Waals surface area (Å²) in [5.41, 5.74) is 0. The van der Waals surface area contributed by atoms with Gasteiger partial charge >= 0.3 is 0 Å². The first-order chi connectivity index (χ1) is 6.63. The van der Waals surface area contributed by atoms with E-state index in [2.05, 4.69) is 18.3 Å². The highest BCUT2D eigenvalue weighted by atomic mass is 32.1. The highest BCUT2D eigenvalue weighted by molar-refractivity contribution is 7.12. The third-order valence-electron chi connectivity index (χ3n) is 2.04. The minimum Gasteiger partial charge on any atom is -0.304 e. The molecule has 14 heavy (non-hydrogen) atoms. The lowest BCUT2D eigenvalue weighted by molar-refractivity contribution is 0.142. The normalized spacial score (nSPS) is 13.5. The Morgan fingerprint density at radius 3 is 2.64 bits per heavy atom. The average molecular weight is 219 g/mol. The molecule has 1 rings (SSSR count). The van der Waals surface area contributed by atoms with Crippen molar-refractivity contribution in [2.75, 3.05) is 6.54 Å². The molecule has 0 saturated carbocycles. The van der Waals surface area contributed by atoms with Gasteiger partial charge in [0.25, 0.3) is 6.43 Å². The summed E-state index contributed by atoms with van der Waals surface area (Å²) in [6.45, 7) is 3.76. The second kappa shape index (κ2) is 5.41. The van der Waals surface area contributed by atoms with Crippen molar-refractivity contribution < 1.29 is 8.78 Å². The molecule has 0 spiro atoms. The molecule has 1 aromatic rings. The second-order valence-corrected chi connectivity index (χ2v) is 4.38. The quantitative estimate of drug-likeness (QED) is 0.801. The third-order valence-corrected chi connectivity index (χ3v) is 3.45. The van der Waals surface area contributed by atoms with Gasteiger partial charge in [-0.1, -0.05) is 6.92 Å². The zero-order valence-corrected chi connectivity index (χ0v) is 9.20. The molecule has 0 bridgehead atoms. The van der Waals surface area contributed by atoms with Crippen molar-refractivity contribution in [2.24, 2.45) is 0 Å². The Bertz CT molecular complexity index is 273. The summed E-state index contributed by atoms with van der Waals surface area (Å²) in [4.78, 5) is 2.42. The summed E-state index contributed by atoms with van der Waals surface area (Å²) in [6.07, 6.45) is -1.27. The number of hydrogen-bond donors (Lipinski definition) is 1. The smallest absolute Gasteiger partial charge is 0.250 e. The summed E-state index contributed by atoms with van der Waals surface area (Å²) in [6, 6.07) is 4.09. The highest BCUT2D eigenvalue weighted by Crippen LogP contribution is 2.23. The van der Waals surface area contributed by atoms with Gasteiger partial charge in [0, 0.05) is 15.8 Å². The maximum absolute atomic E-state index is 11.9. The summed E-state index contributed by atoms with van der Waals surface area (Å²) in [5.74, 6) is 0. The Labute approximate surface area is 87.1 Å². The lowest BCUT2D eigenvalue weighted by atomic mass is 10.2. The predicted molar refractivity (Wildman–Crippen MR) is 56.1 cm³/mol. The first kappa shape index (κ1) is 11.6. The first-order valence-electron chi connectivity index (χ1n) is 4.73. The molecule has 4 heteroatoms. The zero-order valence-electron chi connectivity index (χ0n) is 8.39. The Kier molecular flexibility index (Phi) is 4.48. The molecular weight excluding hydrogens is 204 g/mol. The van der Waals surface area contributed by atoms with Crippen LogP contribution in [-0.4, -0.2) is 13.0 Å². The van der Waals surface area contributed by atoms with E-state index in [-0.39, 0.29) is 12.6 Å². The van der Waals surface area contributed by atoms with E-state index >= 15 is 0 Å². The van der Waals surface area contributed by atoms with E-state index in [0.29, 0.717) is 0 Å². The van der Waals surface area contributed by atoms with Crippen LogP contribution in [0.3, 0.4) is 0 Å². The Morgan fingerprint density at radius 2 is 2.14 bits per heavy atom. The van der Waals surface area contributed by atoms with Crippen LogP contribution >= 0.6 is 11.3 Å². The van der Waals surface area contributed by atoms with Gasteiger partial charge in [-0.25, -0.2) is 8.78 Å². The van der Waals surface area contributed by atoms with Crippen molar-refractivity contribution in [2.45, 2.75) is 32.7 Å². The average Bonchev–Trinajstić information content (AvgIpc) is 2.62.